The summed E-state index contributed by atoms with van der Waals surface area (Å²) in [6, 6.07) is 0. The summed E-state index contributed by atoms with van der Waals surface area (Å²) in [6.45, 7) is 8.31. The fourth-order valence-electron chi connectivity index (χ4n) is 0.396. The molecule has 0 saturated heterocycles. The molecule has 0 rings (SSSR count). The average molecular weight is 174 g/mol. The molecule has 0 spiro atoms. The molecule has 12 heavy (non-hydrogen) atoms. The molecule has 0 aromatic carbocycles. The summed E-state index contributed by atoms with van der Waals surface area (Å²) < 4.78 is 9.20. The zero-order valence-corrected chi connectivity index (χ0v) is 8.29. The Kier molecular flexibility index (Phi) is 14.3. The van der Waals surface area contributed by atoms with Gasteiger partial charge in [-0.3, -0.25) is 4.79 Å². The van der Waals surface area contributed by atoms with Gasteiger partial charge >= 0.3 is 5.97 Å². The van der Waals surface area contributed by atoms with E-state index in [0.29, 0.717) is 6.61 Å². The van der Waals surface area contributed by atoms with Crippen LogP contribution < -0.4 is 0 Å². The molecule has 72 valence electrons. The van der Waals surface area contributed by atoms with Gasteiger partial charge in [0.2, 0.25) is 0 Å². The van der Waals surface area contributed by atoms with Crippen LogP contribution in [0.4, 0.5) is 0 Å². The van der Waals surface area contributed by atoms with E-state index in [2.05, 4.69) is 4.74 Å². The molecule has 0 aromatic heterocycles. The lowest BCUT2D eigenvalue weighted by Gasteiger charge is -1.89. The number of carbonyl (C=O) groups excluding carboxylic acids is 1. The highest BCUT2D eigenvalue weighted by Gasteiger charge is 1.81. The second kappa shape index (κ2) is 12.7. The van der Waals surface area contributed by atoms with E-state index < -0.39 is 0 Å². The third-order valence-corrected chi connectivity index (χ3v) is 0.747. The maximum atomic E-state index is 9.82. The molecule has 0 radical (unpaired) electrons. The van der Waals surface area contributed by atoms with Gasteiger partial charge in [0, 0.05) is 6.92 Å². The molecule has 0 aliphatic rings. The fraction of sp³-hybridized carbons (Fsp3) is 0.667. The highest BCUT2D eigenvalue weighted by Crippen LogP contribution is 1.71. The maximum Gasteiger partial charge on any atom is 0.302 e. The predicted octanol–water partition coefficient (Wildman–Crippen LogP) is 2.13. The number of ether oxygens (including phenoxy) is 2. The van der Waals surface area contributed by atoms with Crippen LogP contribution in [0, 0.1) is 0 Å². The first-order chi connectivity index (χ1) is 5.68. The summed E-state index contributed by atoms with van der Waals surface area (Å²) in [7, 11) is 0. The molecule has 0 N–H and O–H groups in total. The van der Waals surface area contributed by atoms with Gasteiger partial charge in [-0.25, -0.2) is 0 Å². The lowest BCUT2D eigenvalue weighted by molar-refractivity contribution is -0.140. The quantitative estimate of drug-likeness (QED) is 0.485. The number of allylic oxidation sites excluding steroid dienone is 1. The number of carbonyl (C=O) groups is 1. The average Bonchev–Trinajstić information content (AvgIpc) is 2.02. The topological polar surface area (TPSA) is 35.5 Å². The molecule has 0 atom stereocenters. The molecular weight excluding hydrogens is 156 g/mol. The van der Waals surface area contributed by atoms with Gasteiger partial charge in [-0.1, -0.05) is 6.08 Å². The molecule has 3 nitrogen and oxygen atoms in total. The molecular formula is C9H18O3. The van der Waals surface area contributed by atoms with Gasteiger partial charge in [0.1, 0.15) is 0 Å². The minimum atomic E-state index is -0.211. The highest BCUT2D eigenvalue weighted by atomic mass is 16.5. The third-order valence-electron chi connectivity index (χ3n) is 0.747. The summed E-state index contributed by atoms with van der Waals surface area (Å²) in [5, 5.41) is 0. The van der Waals surface area contributed by atoms with Gasteiger partial charge in [-0.15, -0.1) is 0 Å². The standard InChI is InChI=1S/C5H10O.C4H8O2/c1-3-5-6-4-2;1-3-6-4(2)5/h3,5H,4H2,1-2H3;3H2,1-2H3. The number of hydrogen-bond donors (Lipinski definition) is 0. The molecule has 0 amide bonds. The Morgan fingerprint density at radius 1 is 1.33 bits per heavy atom. The molecule has 0 heterocycles. The van der Waals surface area contributed by atoms with Crippen LogP contribution in [0.3, 0.4) is 0 Å². The van der Waals surface area contributed by atoms with Crippen molar-refractivity contribution in [2.24, 2.45) is 0 Å². The zero-order valence-electron chi connectivity index (χ0n) is 8.29. The van der Waals surface area contributed by atoms with Gasteiger partial charge in [0.05, 0.1) is 19.5 Å². The SMILES string of the molecule is CC=COCC.CCOC(C)=O. The van der Waals surface area contributed by atoms with Crippen LogP contribution in [0.15, 0.2) is 12.3 Å². The van der Waals surface area contributed by atoms with Crippen molar-refractivity contribution < 1.29 is 14.3 Å². The fourth-order valence-corrected chi connectivity index (χ4v) is 0.396. The predicted molar refractivity (Wildman–Crippen MR) is 48.7 cm³/mol. The van der Waals surface area contributed by atoms with Crippen LogP contribution in [0.5, 0.6) is 0 Å². The summed E-state index contributed by atoms with van der Waals surface area (Å²) in [5.74, 6) is -0.211. The largest absolute Gasteiger partial charge is 0.502 e. The first-order valence-corrected chi connectivity index (χ1v) is 4.05. The van der Waals surface area contributed by atoms with Crippen molar-refractivity contribution in [3.05, 3.63) is 12.3 Å². The van der Waals surface area contributed by atoms with Crippen LogP contribution in [-0.4, -0.2) is 19.2 Å². The number of esters is 1. The molecule has 3 heteroatoms. The Morgan fingerprint density at radius 3 is 2.00 bits per heavy atom. The Hall–Kier alpha value is -0.990. The van der Waals surface area contributed by atoms with Gasteiger partial charge in [-0.05, 0) is 20.8 Å². The van der Waals surface area contributed by atoms with E-state index in [9.17, 15) is 4.79 Å². The Balaban J connectivity index is 0. The monoisotopic (exact) mass is 174 g/mol. The lowest BCUT2D eigenvalue weighted by Crippen LogP contribution is -1.95. The van der Waals surface area contributed by atoms with Crippen LogP contribution in [-0.2, 0) is 14.3 Å². The first kappa shape index (κ1) is 13.6. The number of rotatable bonds is 3. The lowest BCUT2D eigenvalue weighted by atomic mass is 10.7. The van der Waals surface area contributed by atoms with E-state index in [1.54, 1.807) is 13.2 Å². The second-order valence-corrected chi connectivity index (χ2v) is 1.85. The summed E-state index contributed by atoms with van der Waals surface area (Å²) in [4.78, 5) is 9.82. The molecule has 0 aliphatic heterocycles. The summed E-state index contributed by atoms with van der Waals surface area (Å²) >= 11 is 0. The van der Waals surface area contributed by atoms with E-state index in [1.807, 2.05) is 19.9 Å². The highest BCUT2D eigenvalue weighted by molar-refractivity contribution is 5.65. The molecule has 0 fully saturated rings. The maximum absolute atomic E-state index is 9.82. The Labute approximate surface area is 74.4 Å². The molecule has 0 bridgehead atoms. The van der Waals surface area contributed by atoms with E-state index in [-0.39, 0.29) is 5.97 Å². The van der Waals surface area contributed by atoms with Crippen LogP contribution in [0.25, 0.3) is 0 Å². The molecule has 0 aromatic rings. The van der Waals surface area contributed by atoms with Crippen molar-refractivity contribution in [1.82, 2.24) is 0 Å². The molecule has 0 aliphatic carbocycles. The smallest absolute Gasteiger partial charge is 0.302 e. The first-order valence-electron chi connectivity index (χ1n) is 4.05. The van der Waals surface area contributed by atoms with Gasteiger partial charge in [-0.2, -0.15) is 0 Å². The Bertz CT molecular complexity index is 119. The van der Waals surface area contributed by atoms with Crippen LogP contribution in [0.2, 0.25) is 0 Å². The minimum absolute atomic E-state index is 0.211. The molecule has 0 unspecified atom stereocenters. The van der Waals surface area contributed by atoms with Crippen LogP contribution >= 0.6 is 0 Å². The van der Waals surface area contributed by atoms with E-state index in [4.69, 9.17) is 4.74 Å². The molecule has 0 saturated carbocycles. The van der Waals surface area contributed by atoms with Crippen molar-refractivity contribution in [2.75, 3.05) is 13.2 Å². The zero-order chi connectivity index (χ0) is 9.82. The van der Waals surface area contributed by atoms with Gasteiger partial charge in [0.25, 0.3) is 0 Å². The van der Waals surface area contributed by atoms with Gasteiger partial charge in [0.15, 0.2) is 0 Å². The van der Waals surface area contributed by atoms with Crippen molar-refractivity contribution in [3.8, 4) is 0 Å². The summed E-state index contributed by atoms with van der Waals surface area (Å²) in [6.07, 6.45) is 3.55. The minimum Gasteiger partial charge on any atom is -0.502 e. The van der Waals surface area contributed by atoms with E-state index >= 15 is 0 Å². The van der Waals surface area contributed by atoms with Crippen LogP contribution in [0.1, 0.15) is 27.7 Å². The number of hydrogen-bond acceptors (Lipinski definition) is 3. The van der Waals surface area contributed by atoms with Gasteiger partial charge < -0.3 is 9.47 Å². The normalized spacial score (nSPS) is 8.67. The van der Waals surface area contributed by atoms with Crippen molar-refractivity contribution in [3.63, 3.8) is 0 Å². The van der Waals surface area contributed by atoms with E-state index in [1.165, 1.54) is 6.92 Å². The van der Waals surface area contributed by atoms with E-state index in [0.717, 1.165) is 6.61 Å². The van der Waals surface area contributed by atoms with Crippen molar-refractivity contribution >= 4 is 5.97 Å². The summed E-state index contributed by atoms with van der Waals surface area (Å²) in [5.41, 5.74) is 0. The second-order valence-electron chi connectivity index (χ2n) is 1.85. The van der Waals surface area contributed by atoms with Crippen molar-refractivity contribution in [1.29, 1.82) is 0 Å². The Morgan fingerprint density at radius 2 is 1.92 bits per heavy atom. The third kappa shape index (κ3) is 23.0. The van der Waals surface area contributed by atoms with Crippen molar-refractivity contribution in [2.45, 2.75) is 27.7 Å².